The first kappa shape index (κ1) is 41.0. The van der Waals surface area contributed by atoms with Crippen LogP contribution in [0.2, 0.25) is 23.7 Å². The Kier molecular flexibility index (Phi) is 12.2. The lowest BCUT2D eigenvalue weighted by Crippen LogP contribution is -2.49. The number of aromatic nitrogens is 3. The van der Waals surface area contributed by atoms with Gasteiger partial charge in [0, 0.05) is 60.1 Å². The zero-order valence-corrected chi connectivity index (χ0v) is 34.8. The number of rotatable bonds is 16. The molecule has 1 saturated heterocycles. The van der Waals surface area contributed by atoms with Gasteiger partial charge in [-0.3, -0.25) is 19.2 Å². The zero-order chi connectivity index (χ0) is 40.5. The first-order chi connectivity index (χ1) is 27.4. The lowest BCUT2D eigenvalue weighted by atomic mass is 9.82. The number of anilines is 3. The Morgan fingerprint density at radius 2 is 1.86 bits per heavy atom. The molecule has 4 heterocycles. The summed E-state index contributed by atoms with van der Waals surface area (Å²) in [5.41, 5.74) is 3.66. The van der Waals surface area contributed by atoms with E-state index >= 15 is 4.79 Å². The molecule has 0 saturated carbocycles. The minimum absolute atomic E-state index is 0.0214. The van der Waals surface area contributed by atoms with Crippen molar-refractivity contribution in [3.8, 4) is 5.75 Å². The van der Waals surface area contributed by atoms with Crippen LogP contribution in [0.5, 0.6) is 5.75 Å². The number of unbranched alkanes of at least 4 members (excludes halogenated alkanes) is 1. The van der Waals surface area contributed by atoms with Crippen LogP contribution in [-0.2, 0) is 45.9 Å². The number of carbonyl (C=O) groups excluding carboxylic acids is 2. The summed E-state index contributed by atoms with van der Waals surface area (Å²) in [6, 6.07) is 18.5. The molecule has 1 spiro atoms. The summed E-state index contributed by atoms with van der Waals surface area (Å²) in [5, 5.41) is 30.9. The van der Waals surface area contributed by atoms with Crippen molar-refractivity contribution in [3.63, 3.8) is 0 Å². The highest BCUT2D eigenvalue weighted by Gasteiger charge is 2.66. The van der Waals surface area contributed by atoms with Gasteiger partial charge >= 0.3 is 0 Å². The molecule has 3 aliphatic rings. The van der Waals surface area contributed by atoms with Gasteiger partial charge in [-0.15, -0.1) is 5.10 Å². The van der Waals surface area contributed by atoms with Crippen LogP contribution in [0.4, 0.5) is 17.1 Å². The molecule has 0 bridgehead atoms. The lowest BCUT2D eigenvalue weighted by Gasteiger charge is -2.35. The highest BCUT2D eigenvalue weighted by atomic mass is 35.5. The molecule has 1 aromatic heterocycles. The van der Waals surface area contributed by atoms with Crippen LogP contribution < -0.4 is 19.9 Å². The van der Waals surface area contributed by atoms with Crippen LogP contribution in [0.25, 0.3) is 0 Å². The van der Waals surface area contributed by atoms with E-state index in [0.717, 1.165) is 29.0 Å². The van der Waals surface area contributed by atoms with Crippen molar-refractivity contribution in [2.24, 2.45) is 5.92 Å². The SMILES string of the molecule is CCOc1ccc2c(c1)CC(NCCCCO)C(=O)N2c1cccc(CN2C(=O)[C@]3(O[C@H](CCn4cc(CCO)nn4)[C@@H]([Si](C)(C)O)[C@@H]3C)c3cc(Cl)ccc32)c1. The number of carbonyl (C=O) groups is 2. The molecule has 3 aromatic carbocycles. The van der Waals surface area contributed by atoms with Gasteiger partial charge in [-0.25, -0.2) is 0 Å². The summed E-state index contributed by atoms with van der Waals surface area (Å²) >= 11 is 6.64. The topological polar surface area (TPSA) is 163 Å². The van der Waals surface area contributed by atoms with Crippen LogP contribution in [-0.4, -0.2) is 88.6 Å². The molecule has 2 amide bonds. The molecule has 1 fully saturated rings. The second-order valence-electron chi connectivity index (χ2n) is 15.9. The van der Waals surface area contributed by atoms with Gasteiger partial charge in [0.15, 0.2) is 13.9 Å². The Hall–Kier alpha value is -4.15. The van der Waals surface area contributed by atoms with Crippen LogP contribution in [0.15, 0.2) is 66.9 Å². The van der Waals surface area contributed by atoms with E-state index in [2.05, 4.69) is 15.6 Å². The average Bonchev–Trinajstić information content (AvgIpc) is 3.82. The van der Waals surface area contributed by atoms with Crippen molar-refractivity contribution in [2.75, 3.05) is 36.2 Å². The molecule has 1 unspecified atom stereocenters. The fourth-order valence-electron chi connectivity index (χ4n) is 9.11. The Balaban J connectivity index is 1.20. The molecule has 7 rings (SSSR count). The second kappa shape index (κ2) is 17.0. The summed E-state index contributed by atoms with van der Waals surface area (Å²) in [6.07, 6.45) is 4.16. The number of nitrogens with one attached hydrogen (secondary N) is 1. The molecule has 4 N–H and O–H groups in total. The second-order valence-corrected chi connectivity index (χ2v) is 20.3. The maximum Gasteiger partial charge on any atom is 0.264 e. The molecule has 0 radical (unpaired) electrons. The number of halogens is 1. The van der Waals surface area contributed by atoms with E-state index in [4.69, 9.17) is 21.1 Å². The van der Waals surface area contributed by atoms with Crippen LogP contribution in [0.1, 0.15) is 55.5 Å². The van der Waals surface area contributed by atoms with Gasteiger partial charge in [0.05, 0.1) is 42.4 Å². The van der Waals surface area contributed by atoms with Gasteiger partial charge in [-0.1, -0.05) is 35.9 Å². The predicted octanol–water partition coefficient (Wildman–Crippen LogP) is 5.25. The minimum atomic E-state index is -2.91. The molecule has 304 valence electrons. The van der Waals surface area contributed by atoms with Gasteiger partial charge in [0.2, 0.25) is 5.91 Å². The van der Waals surface area contributed by atoms with E-state index in [-0.39, 0.29) is 43.0 Å². The van der Waals surface area contributed by atoms with E-state index in [9.17, 15) is 19.8 Å². The summed E-state index contributed by atoms with van der Waals surface area (Å²) in [7, 11) is -2.91. The molecule has 57 heavy (non-hydrogen) atoms. The van der Waals surface area contributed by atoms with Gasteiger partial charge in [0.25, 0.3) is 5.91 Å². The molecular weight excluding hydrogens is 764 g/mol. The summed E-state index contributed by atoms with van der Waals surface area (Å²) in [6.45, 7) is 9.61. The Labute approximate surface area is 339 Å². The van der Waals surface area contributed by atoms with Crippen molar-refractivity contribution in [1.29, 1.82) is 0 Å². The third kappa shape index (κ3) is 8.01. The van der Waals surface area contributed by atoms with Crippen molar-refractivity contribution < 1.29 is 34.1 Å². The first-order valence-corrected chi connectivity index (χ1v) is 23.3. The fourth-order valence-corrected chi connectivity index (χ4v) is 11.9. The largest absolute Gasteiger partial charge is 0.494 e. The highest BCUT2D eigenvalue weighted by molar-refractivity contribution is 6.71. The van der Waals surface area contributed by atoms with Crippen molar-refractivity contribution in [1.82, 2.24) is 20.3 Å². The number of ether oxygens (including phenoxy) is 2. The number of aryl methyl sites for hydroxylation is 1. The van der Waals surface area contributed by atoms with Crippen LogP contribution >= 0.6 is 11.6 Å². The number of aliphatic hydroxyl groups is 2. The molecular formula is C42H53ClN6O7Si. The normalized spacial score (nSPS) is 23.1. The number of hydrogen-bond donors (Lipinski definition) is 4. The molecule has 3 aliphatic heterocycles. The van der Waals surface area contributed by atoms with E-state index < -0.39 is 26.1 Å². The number of amides is 2. The molecule has 4 aromatic rings. The van der Waals surface area contributed by atoms with Crippen molar-refractivity contribution in [3.05, 3.63) is 94.3 Å². The number of nitrogens with zero attached hydrogens (tertiary/aromatic N) is 5. The quantitative estimate of drug-likeness (QED) is 0.0869. The Morgan fingerprint density at radius 3 is 2.61 bits per heavy atom. The lowest BCUT2D eigenvalue weighted by molar-refractivity contribution is -0.146. The number of hydrogen-bond acceptors (Lipinski definition) is 10. The minimum Gasteiger partial charge on any atom is -0.494 e. The smallest absolute Gasteiger partial charge is 0.264 e. The van der Waals surface area contributed by atoms with E-state index in [0.29, 0.717) is 73.0 Å². The van der Waals surface area contributed by atoms with Gasteiger partial charge in [0.1, 0.15) is 5.75 Å². The maximum atomic E-state index is 15.1. The average molecular weight is 817 g/mol. The predicted molar refractivity (Wildman–Crippen MR) is 220 cm³/mol. The molecule has 0 aliphatic carbocycles. The molecule has 15 heteroatoms. The zero-order valence-electron chi connectivity index (χ0n) is 33.0. The number of fused-ring (bicyclic) bond motifs is 3. The fraction of sp³-hybridized carbons (Fsp3) is 0.476. The maximum absolute atomic E-state index is 15.1. The third-order valence-electron chi connectivity index (χ3n) is 11.6. The monoisotopic (exact) mass is 816 g/mol. The van der Waals surface area contributed by atoms with E-state index in [1.54, 1.807) is 26.7 Å². The number of aliphatic hydroxyl groups excluding tert-OH is 2. The van der Waals surface area contributed by atoms with Crippen molar-refractivity contribution in [2.45, 2.75) is 95.4 Å². The third-order valence-corrected chi connectivity index (χ3v) is 14.3. The Bertz CT molecular complexity index is 2090. The van der Waals surface area contributed by atoms with Crippen LogP contribution in [0.3, 0.4) is 0 Å². The number of benzene rings is 3. The first-order valence-electron chi connectivity index (χ1n) is 19.9. The van der Waals surface area contributed by atoms with Crippen LogP contribution in [0, 0.1) is 5.92 Å². The molecule has 13 nitrogen and oxygen atoms in total. The van der Waals surface area contributed by atoms with Gasteiger partial charge < -0.3 is 34.7 Å². The van der Waals surface area contributed by atoms with Gasteiger partial charge in [-0.2, -0.15) is 0 Å². The Morgan fingerprint density at radius 1 is 1.05 bits per heavy atom. The summed E-state index contributed by atoms with van der Waals surface area (Å²) < 4.78 is 14.5. The standard InChI is InChI=1S/C42H53ClN6O7Si/c1-5-55-33-12-14-36-29(22-33)23-35(44-17-6-7-19-50)40(52)49(36)32-10-8-9-28(21-32)25-48-37-13-11-30(43)24-34(37)42(41(48)53)27(2)39(57(3,4)54)38(56-42)15-18-47-26-31(16-20-51)45-46-47/h8-14,21-22,24,26-27,35,38-39,44,50-51,54H,5-7,15-20,23,25H2,1-4H3/t27-,35?,38+,39-,42+/m0/s1. The highest BCUT2D eigenvalue weighted by Crippen LogP contribution is 2.60. The summed E-state index contributed by atoms with van der Waals surface area (Å²) in [5.74, 6) is 0.0657. The van der Waals surface area contributed by atoms with E-state index in [1.165, 1.54) is 0 Å². The summed E-state index contributed by atoms with van der Waals surface area (Å²) in [4.78, 5) is 44.6. The molecule has 5 atom stereocenters. The van der Waals surface area contributed by atoms with Crippen molar-refractivity contribution >= 4 is 48.8 Å². The van der Waals surface area contributed by atoms with E-state index in [1.807, 2.05) is 81.5 Å². The van der Waals surface area contributed by atoms with Gasteiger partial charge in [-0.05, 0) is 112 Å².